The second-order valence-corrected chi connectivity index (χ2v) is 9.21. The lowest BCUT2D eigenvalue weighted by atomic mass is 9.83. The van der Waals surface area contributed by atoms with Crippen LogP contribution in [0.1, 0.15) is 27.5 Å². The molecule has 0 aromatic heterocycles. The minimum atomic E-state index is -0.956. The number of rotatable bonds is 5. The number of nitro benzene ring substituents is 1. The smallest absolute Gasteiger partial charge is 0.271 e. The molecule has 0 aliphatic carbocycles. The van der Waals surface area contributed by atoms with Gasteiger partial charge in [0.2, 0.25) is 11.8 Å². The van der Waals surface area contributed by atoms with Crippen LogP contribution in [-0.2, 0) is 9.59 Å². The van der Waals surface area contributed by atoms with E-state index in [1.54, 1.807) is 30.5 Å². The number of fused-ring (bicyclic) bond motifs is 5. The summed E-state index contributed by atoms with van der Waals surface area (Å²) in [5, 5.41) is 11.3. The molecule has 2 amide bonds. The Labute approximate surface area is 211 Å². The molecular weight excluding hydrogens is 474 g/mol. The van der Waals surface area contributed by atoms with E-state index in [1.807, 2.05) is 35.2 Å². The second-order valence-electron chi connectivity index (χ2n) is 9.21. The van der Waals surface area contributed by atoms with Crippen LogP contribution in [0.15, 0.2) is 79.0 Å². The lowest BCUT2D eigenvalue weighted by molar-refractivity contribution is -0.384. The van der Waals surface area contributed by atoms with Crippen LogP contribution in [0.2, 0.25) is 0 Å². The Morgan fingerprint density at radius 1 is 0.946 bits per heavy atom. The number of ketones is 1. The first-order valence-electron chi connectivity index (χ1n) is 11.8. The molecule has 3 heterocycles. The predicted octanol–water partition coefficient (Wildman–Crippen LogP) is 4.00. The zero-order valence-electron chi connectivity index (χ0n) is 19.7. The number of hydrogen-bond donors (Lipinski definition) is 0. The molecule has 4 atom stereocenters. The average molecular weight is 495 g/mol. The molecule has 184 valence electrons. The first-order chi connectivity index (χ1) is 17.9. The number of nitro groups is 1. The highest BCUT2D eigenvalue weighted by Gasteiger charge is 2.64. The van der Waals surface area contributed by atoms with Crippen molar-refractivity contribution in [1.29, 1.82) is 0 Å². The highest BCUT2D eigenvalue weighted by Crippen LogP contribution is 2.53. The summed E-state index contributed by atoms with van der Waals surface area (Å²) in [6, 6.07) is 18.2. The number of carbonyl (C=O) groups excluding carboxylic acids is 3. The molecule has 0 bridgehead atoms. The van der Waals surface area contributed by atoms with Gasteiger partial charge in [0, 0.05) is 23.9 Å². The third kappa shape index (κ3) is 3.35. The van der Waals surface area contributed by atoms with Gasteiger partial charge in [-0.2, -0.15) is 0 Å². The molecule has 0 N–H and O–H groups in total. The SMILES string of the molecule is COc1ccc(C(=O)[C@@H]2[C@@H]3C(=O)N(c4cccc([N+](=O)[O-])c4)C(=O)[C@@H]3[C@@H]3c4ccccc4C=CN23)cc1. The Bertz CT molecular complexity index is 1500. The van der Waals surface area contributed by atoms with Gasteiger partial charge in [0.1, 0.15) is 11.8 Å². The quantitative estimate of drug-likeness (QED) is 0.228. The van der Waals surface area contributed by atoms with Crippen LogP contribution in [0.3, 0.4) is 0 Å². The summed E-state index contributed by atoms with van der Waals surface area (Å²) in [5.41, 5.74) is 2.06. The molecule has 9 heteroatoms. The van der Waals surface area contributed by atoms with E-state index in [-0.39, 0.29) is 17.2 Å². The minimum Gasteiger partial charge on any atom is -0.497 e. The fourth-order valence-corrected chi connectivity index (χ4v) is 5.78. The lowest BCUT2D eigenvalue weighted by Gasteiger charge is -2.35. The van der Waals surface area contributed by atoms with E-state index >= 15 is 0 Å². The summed E-state index contributed by atoms with van der Waals surface area (Å²) in [5.74, 6) is -2.49. The molecule has 3 aromatic carbocycles. The minimum absolute atomic E-state index is 0.125. The van der Waals surface area contributed by atoms with E-state index in [4.69, 9.17) is 4.74 Å². The molecule has 2 fully saturated rings. The number of amides is 2. The second kappa shape index (κ2) is 8.41. The van der Waals surface area contributed by atoms with Crippen molar-refractivity contribution < 1.29 is 24.0 Å². The summed E-state index contributed by atoms with van der Waals surface area (Å²) < 4.78 is 5.20. The highest BCUT2D eigenvalue weighted by atomic mass is 16.6. The highest BCUT2D eigenvalue weighted by molar-refractivity contribution is 6.24. The summed E-state index contributed by atoms with van der Waals surface area (Å²) in [7, 11) is 1.53. The van der Waals surface area contributed by atoms with Crippen molar-refractivity contribution in [2.24, 2.45) is 11.8 Å². The van der Waals surface area contributed by atoms with Gasteiger partial charge < -0.3 is 9.64 Å². The van der Waals surface area contributed by atoms with Crippen LogP contribution in [0.4, 0.5) is 11.4 Å². The number of benzene rings is 3. The van der Waals surface area contributed by atoms with Crippen molar-refractivity contribution in [3.8, 4) is 5.75 Å². The maximum Gasteiger partial charge on any atom is 0.271 e. The number of Topliss-reactive ketones (excluding diaryl/α,β-unsaturated/α-hetero) is 1. The van der Waals surface area contributed by atoms with Crippen LogP contribution in [0.5, 0.6) is 5.75 Å². The molecule has 37 heavy (non-hydrogen) atoms. The van der Waals surface area contributed by atoms with Gasteiger partial charge in [-0.3, -0.25) is 24.5 Å². The number of methoxy groups -OCH3 is 1. The van der Waals surface area contributed by atoms with Gasteiger partial charge in [-0.1, -0.05) is 30.3 Å². The Hall–Kier alpha value is -4.79. The van der Waals surface area contributed by atoms with Crippen LogP contribution in [-0.4, -0.2) is 40.6 Å². The molecular formula is C28H21N3O6. The number of hydrogen-bond acceptors (Lipinski definition) is 7. The van der Waals surface area contributed by atoms with Crippen molar-refractivity contribution in [3.63, 3.8) is 0 Å². The molecule has 0 spiro atoms. The van der Waals surface area contributed by atoms with Crippen LogP contribution < -0.4 is 9.64 Å². The van der Waals surface area contributed by atoms with Crippen LogP contribution in [0, 0.1) is 22.0 Å². The lowest BCUT2D eigenvalue weighted by Crippen LogP contribution is -2.44. The zero-order chi connectivity index (χ0) is 25.8. The van der Waals surface area contributed by atoms with Gasteiger partial charge in [-0.05, 0) is 47.5 Å². The molecule has 3 aromatic rings. The molecule has 2 saturated heterocycles. The van der Waals surface area contributed by atoms with E-state index in [0.717, 1.165) is 16.0 Å². The Balaban J connectivity index is 1.47. The summed E-state index contributed by atoms with van der Waals surface area (Å²) in [4.78, 5) is 55.3. The Kier molecular flexibility index (Phi) is 5.15. The van der Waals surface area contributed by atoms with Gasteiger partial charge in [0.05, 0.1) is 35.6 Å². The average Bonchev–Trinajstić information content (AvgIpc) is 3.40. The molecule has 0 saturated carbocycles. The van der Waals surface area contributed by atoms with Gasteiger partial charge in [0.25, 0.3) is 5.69 Å². The number of nitrogens with zero attached hydrogens (tertiary/aromatic N) is 3. The van der Waals surface area contributed by atoms with Crippen molar-refractivity contribution in [3.05, 3.63) is 106 Å². The van der Waals surface area contributed by atoms with Crippen LogP contribution >= 0.6 is 0 Å². The van der Waals surface area contributed by atoms with Gasteiger partial charge in [-0.25, -0.2) is 4.90 Å². The summed E-state index contributed by atoms with van der Waals surface area (Å²) >= 11 is 0. The van der Waals surface area contributed by atoms with Gasteiger partial charge in [0.15, 0.2) is 5.78 Å². The molecule has 3 aliphatic rings. The molecule has 6 rings (SSSR count). The molecule has 3 aliphatic heterocycles. The number of anilines is 1. The molecule has 9 nitrogen and oxygen atoms in total. The van der Waals surface area contributed by atoms with E-state index in [1.165, 1.54) is 31.4 Å². The van der Waals surface area contributed by atoms with Crippen molar-refractivity contribution in [2.75, 3.05) is 12.0 Å². The first kappa shape index (κ1) is 22.7. The maximum absolute atomic E-state index is 13.9. The standard InChI is InChI=1S/C28H21N3O6/c1-37-20-11-9-17(10-12-20)26(32)25-23-22(24-21-8-3-2-5-16(21)13-14-29(24)25)27(33)30(28(23)34)18-6-4-7-19(15-18)31(35)36/h2-15,22-25H,1H3/t22-,23+,24-,25-/m0/s1. The predicted molar refractivity (Wildman–Crippen MR) is 134 cm³/mol. The maximum atomic E-state index is 13.9. The van der Waals surface area contributed by atoms with Crippen molar-refractivity contribution in [1.82, 2.24) is 4.90 Å². The fraction of sp³-hybridized carbons (Fsp3) is 0.179. The largest absolute Gasteiger partial charge is 0.497 e. The molecule has 0 unspecified atom stereocenters. The van der Waals surface area contributed by atoms with E-state index in [9.17, 15) is 24.5 Å². The number of ether oxygens (including phenoxy) is 1. The third-order valence-corrected chi connectivity index (χ3v) is 7.40. The first-order valence-corrected chi connectivity index (χ1v) is 11.8. The van der Waals surface area contributed by atoms with Gasteiger partial charge >= 0.3 is 0 Å². The Morgan fingerprint density at radius 3 is 2.41 bits per heavy atom. The summed E-state index contributed by atoms with van der Waals surface area (Å²) in [6.45, 7) is 0. The zero-order valence-corrected chi connectivity index (χ0v) is 19.7. The Morgan fingerprint density at radius 2 is 1.68 bits per heavy atom. The molecule has 0 radical (unpaired) electrons. The van der Waals surface area contributed by atoms with Crippen LogP contribution in [0.25, 0.3) is 6.08 Å². The third-order valence-electron chi connectivity index (χ3n) is 7.40. The van der Waals surface area contributed by atoms with E-state index < -0.39 is 40.7 Å². The summed E-state index contributed by atoms with van der Waals surface area (Å²) in [6.07, 6.45) is 3.67. The van der Waals surface area contributed by atoms with Crippen molar-refractivity contribution >= 4 is 35.0 Å². The van der Waals surface area contributed by atoms with E-state index in [2.05, 4.69) is 0 Å². The fourth-order valence-electron chi connectivity index (χ4n) is 5.78. The van der Waals surface area contributed by atoms with Crippen molar-refractivity contribution in [2.45, 2.75) is 12.1 Å². The van der Waals surface area contributed by atoms with E-state index in [0.29, 0.717) is 11.3 Å². The van der Waals surface area contributed by atoms with Gasteiger partial charge in [-0.15, -0.1) is 0 Å². The number of imide groups is 1. The normalized spacial score (nSPS) is 23.5. The number of non-ortho nitro benzene ring substituents is 1. The topological polar surface area (TPSA) is 110 Å². The number of carbonyl (C=O) groups is 3. The monoisotopic (exact) mass is 495 g/mol.